The van der Waals surface area contributed by atoms with Gasteiger partial charge in [0.2, 0.25) is 5.89 Å². The minimum absolute atomic E-state index is 0.732. The highest BCUT2D eigenvalue weighted by atomic mass is 16.3. The molecule has 0 spiro atoms. The molecule has 0 radical (unpaired) electrons. The van der Waals surface area contributed by atoms with Crippen LogP contribution in [0.2, 0.25) is 0 Å². The maximum atomic E-state index is 5.73. The Labute approximate surface area is 100 Å². The van der Waals surface area contributed by atoms with Gasteiger partial charge in [0.1, 0.15) is 5.52 Å². The number of fused-ring (bicyclic) bond motifs is 1. The average molecular weight is 231 g/mol. The molecule has 1 aromatic carbocycles. The van der Waals surface area contributed by atoms with Crippen LogP contribution in [0.3, 0.4) is 0 Å². The number of anilines is 1. The first-order valence-electron chi connectivity index (χ1n) is 6.18. The molecule has 2 N–H and O–H groups in total. The van der Waals surface area contributed by atoms with Gasteiger partial charge in [0, 0.05) is 5.69 Å². The van der Waals surface area contributed by atoms with Crippen molar-refractivity contribution in [3.63, 3.8) is 0 Å². The Bertz CT molecular complexity index is 514. The van der Waals surface area contributed by atoms with Gasteiger partial charge in [-0.3, -0.25) is 4.90 Å². The maximum absolute atomic E-state index is 5.73. The molecule has 4 nitrogen and oxygen atoms in total. The molecule has 0 unspecified atom stereocenters. The van der Waals surface area contributed by atoms with Crippen LogP contribution in [0, 0.1) is 0 Å². The summed E-state index contributed by atoms with van der Waals surface area (Å²) in [5, 5.41) is 0. The largest absolute Gasteiger partial charge is 0.439 e. The highest BCUT2D eigenvalue weighted by Crippen LogP contribution is 2.20. The molecule has 1 fully saturated rings. The summed E-state index contributed by atoms with van der Waals surface area (Å²) in [6.45, 7) is 3.12. The molecule has 0 bridgehead atoms. The molecule has 4 heteroatoms. The quantitative estimate of drug-likeness (QED) is 0.806. The van der Waals surface area contributed by atoms with Crippen molar-refractivity contribution in [2.45, 2.75) is 25.8 Å². The van der Waals surface area contributed by atoms with Crippen LogP contribution >= 0.6 is 0 Å². The van der Waals surface area contributed by atoms with Gasteiger partial charge in [-0.05, 0) is 44.1 Å². The Morgan fingerprint density at radius 3 is 2.88 bits per heavy atom. The lowest BCUT2D eigenvalue weighted by Gasteiger charge is -2.24. The zero-order valence-corrected chi connectivity index (χ0v) is 9.85. The van der Waals surface area contributed by atoms with Crippen molar-refractivity contribution in [3.8, 4) is 0 Å². The Balaban J connectivity index is 1.80. The van der Waals surface area contributed by atoms with Crippen LogP contribution in [0.15, 0.2) is 22.6 Å². The van der Waals surface area contributed by atoms with E-state index in [-0.39, 0.29) is 0 Å². The van der Waals surface area contributed by atoms with Crippen molar-refractivity contribution >= 4 is 16.8 Å². The fourth-order valence-corrected chi connectivity index (χ4v) is 2.37. The third kappa shape index (κ3) is 2.26. The lowest BCUT2D eigenvalue weighted by molar-refractivity contribution is 0.203. The molecular weight excluding hydrogens is 214 g/mol. The van der Waals surface area contributed by atoms with Crippen molar-refractivity contribution in [2.24, 2.45) is 0 Å². The molecule has 1 aromatic heterocycles. The van der Waals surface area contributed by atoms with Gasteiger partial charge >= 0.3 is 0 Å². The average Bonchev–Trinajstić information content (AvgIpc) is 2.71. The van der Waals surface area contributed by atoms with Gasteiger partial charge in [0.15, 0.2) is 5.58 Å². The number of likely N-dealkylation sites (tertiary alicyclic amines) is 1. The van der Waals surface area contributed by atoms with Crippen LogP contribution in [-0.4, -0.2) is 23.0 Å². The molecular formula is C13H17N3O. The third-order valence-corrected chi connectivity index (χ3v) is 3.26. The molecule has 2 heterocycles. The smallest absolute Gasteiger partial charge is 0.209 e. The minimum atomic E-state index is 0.732. The van der Waals surface area contributed by atoms with Crippen molar-refractivity contribution in [1.29, 1.82) is 0 Å². The van der Waals surface area contributed by atoms with Crippen LogP contribution in [0.25, 0.3) is 11.1 Å². The number of hydrogen-bond acceptors (Lipinski definition) is 4. The van der Waals surface area contributed by atoms with Crippen LogP contribution in [0.5, 0.6) is 0 Å². The second kappa shape index (κ2) is 4.37. The Hall–Kier alpha value is -1.55. The van der Waals surface area contributed by atoms with E-state index in [1.165, 1.54) is 19.3 Å². The molecule has 1 aliphatic rings. The first-order valence-corrected chi connectivity index (χ1v) is 6.18. The van der Waals surface area contributed by atoms with E-state index in [1.54, 1.807) is 0 Å². The number of benzene rings is 1. The summed E-state index contributed by atoms with van der Waals surface area (Å²) in [6.07, 6.45) is 3.92. The number of oxazole rings is 1. The van der Waals surface area contributed by atoms with Gasteiger partial charge in [-0.25, -0.2) is 4.98 Å². The van der Waals surface area contributed by atoms with Crippen molar-refractivity contribution in [2.75, 3.05) is 18.8 Å². The number of nitrogens with two attached hydrogens (primary N) is 1. The van der Waals surface area contributed by atoms with Gasteiger partial charge in [-0.1, -0.05) is 6.42 Å². The number of piperidine rings is 1. The molecule has 0 saturated carbocycles. The standard InChI is InChI=1S/C13H17N3O/c14-10-4-5-12-11(8-10)15-13(17-12)9-16-6-2-1-3-7-16/h4-5,8H,1-3,6-7,9,14H2. The van der Waals surface area contributed by atoms with Gasteiger partial charge in [-0.15, -0.1) is 0 Å². The van der Waals surface area contributed by atoms with E-state index in [4.69, 9.17) is 10.2 Å². The van der Waals surface area contributed by atoms with Gasteiger partial charge in [-0.2, -0.15) is 0 Å². The summed E-state index contributed by atoms with van der Waals surface area (Å²) in [7, 11) is 0. The normalized spacial score (nSPS) is 17.6. The van der Waals surface area contributed by atoms with Crippen LogP contribution in [0.1, 0.15) is 25.2 Å². The van der Waals surface area contributed by atoms with Crippen LogP contribution < -0.4 is 5.73 Å². The summed E-state index contributed by atoms with van der Waals surface area (Å²) >= 11 is 0. The van der Waals surface area contributed by atoms with E-state index in [2.05, 4.69) is 9.88 Å². The fraction of sp³-hybridized carbons (Fsp3) is 0.462. The minimum Gasteiger partial charge on any atom is -0.439 e. The molecule has 3 rings (SSSR count). The molecule has 1 saturated heterocycles. The van der Waals surface area contributed by atoms with E-state index >= 15 is 0 Å². The van der Waals surface area contributed by atoms with E-state index in [9.17, 15) is 0 Å². The molecule has 17 heavy (non-hydrogen) atoms. The van der Waals surface area contributed by atoms with E-state index < -0.39 is 0 Å². The SMILES string of the molecule is Nc1ccc2oc(CN3CCCCC3)nc2c1. The second-order valence-corrected chi connectivity index (χ2v) is 4.67. The van der Waals surface area contributed by atoms with Gasteiger partial charge < -0.3 is 10.2 Å². The predicted molar refractivity (Wildman–Crippen MR) is 67.5 cm³/mol. The van der Waals surface area contributed by atoms with Gasteiger partial charge in [0.25, 0.3) is 0 Å². The highest BCUT2D eigenvalue weighted by molar-refractivity contribution is 5.76. The Kier molecular flexibility index (Phi) is 2.73. The summed E-state index contributed by atoms with van der Waals surface area (Å²) in [5.74, 6) is 0.799. The lowest BCUT2D eigenvalue weighted by Crippen LogP contribution is -2.29. The third-order valence-electron chi connectivity index (χ3n) is 3.26. The van der Waals surface area contributed by atoms with Gasteiger partial charge in [0.05, 0.1) is 6.54 Å². The van der Waals surface area contributed by atoms with Crippen molar-refractivity contribution in [3.05, 3.63) is 24.1 Å². The van der Waals surface area contributed by atoms with Crippen LogP contribution in [0.4, 0.5) is 5.69 Å². The van der Waals surface area contributed by atoms with Crippen molar-refractivity contribution in [1.82, 2.24) is 9.88 Å². The summed E-state index contributed by atoms with van der Waals surface area (Å²) in [4.78, 5) is 6.88. The summed E-state index contributed by atoms with van der Waals surface area (Å²) < 4.78 is 5.72. The zero-order valence-electron chi connectivity index (χ0n) is 9.85. The van der Waals surface area contributed by atoms with E-state index in [0.29, 0.717) is 0 Å². The number of nitrogens with zero attached hydrogens (tertiary/aromatic N) is 2. The van der Waals surface area contributed by atoms with E-state index in [0.717, 1.165) is 42.3 Å². The Morgan fingerprint density at radius 2 is 2.06 bits per heavy atom. The van der Waals surface area contributed by atoms with E-state index in [1.807, 2.05) is 18.2 Å². The monoisotopic (exact) mass is 231 g/mol. The number of rotatable bonds is 2. The molecule has 0 atom stereocenters. The topological polar surface area (TPSA) is 55.3 Å². The summed E-state index contributed by atoms with van der Waals surface area (Å²) in [5.41, 5.74) is 8.14. The second-order valence-electron chi connectivity index (χ2n) is 4.67. The maximum Gasteiger partial charge on any atom is 0.209 e. The Morgan fingerprint density at radius 1 is 1.24 bits per heavy atom. The zero-order chi connectivity index (χ0) is 11.7. The van der Waals surface area contributed by atoms with Crippen molar-refractivity contribution < 1.29 is 4.42 Å². The first-order chi connectivity index (χ1) is 8.31. The molecule has 0 amide bonds. The molecule has 0 aliphatic carbocycles. The molecule has 1 aliphatic heterocycles. The fourth-order valence-electron chi connectivity index (χ4n) is 2.37. The molecule has 2 aromatic rings. The first kappa shape index (κ1) is 10.6. The lowest BCUT2D eigenvalue weighted by atomic mass is 10.1. The number of nitrogen functional groups attached to an aromatic ring is 1. The molecule has 90 valence electrons. The number of hydrogen-bond donors (Lipinski definition) is 1. The number of aromatic nitrogens is 1. The predicted octanol–water partition coefficient (Wildman–Crippen LogP) is 2.40. The summed E-state index contributed by atoms with van der Waals surface area (Å²) in [6, 6.07) is 5.59. The van der Waals surface area contributed by atoms with Crippen LogP contribution in [-0.2, 0) is 6.54 Å². The highest BCUT2D eigenvalue weighted by Gasteiger charge is 2.14.